The van der Waals surface area contributed by atoms with Gasteiger partial charge in [-0.1, -0.05) is 12.1 Å². The van der Waals surface area contributed by atoms with Gasteiger partial charge < -0.3 is 14.4 Å². The van der Waals surface area contributed by atoms with Crippen LogP contribution in [-0.4, -0.2) is 29.5 Å². The van der Waals surface area contributed by atoms with Crippen LogP contribution in [0.1, 0.15) is 5.56 Å². The minimum atomic E-state index is -0.373. The second kappa shape index (κ2) is 6.15. The van der Waals surface area contributed by atoms with Crippen molar-refractivity contribution in [3.05, 3.63) is 34.2 Å². The summed E-state index contributed by atoms with van der Waals surface area (Å²) >= 11 is 3.33. The van der Waals surface area contributed by atoms with Gasteiger partial charge in [0.25, 0.3) is 0 Å². The van der Waals surface area contributed by atoms with E-state index in [4.69, 9.17) is 15.1 Å². The molecule has 0 unspecified atom stereocenters. The normalized spacial score (nSPS) is 10.8. The average Bonchev–Trinajstić information content (AvgIpc) is 2.68. The Balaban J connectivity index is 2.42. The van der Waals surface area contributed by atoms with E-state index >= 15 is 0 Å². The van der Waals surface area contributed by atoms with Gasteiger partial charge in [0, 0.05) is 11.9 Å². The summed E-state index contributed by atoms with van der Waals surface area (Å²) in [6.45, 7) is 0.928. The molecule has 1 N–H and O–H groups in total. The predicted molar refractivity (Wildman–Crippen MR) is 72.2 cm³/mol. The Bertz CT molecular complexity index is 634. The molecule has 0 aliphatic heterocycles. The first kappa shape index (κ1) is 14.0. The fourth-order valence-electron chi connectivity index (χ4n) is 1.97. The molecule has 0 saturated heterocycles. The molecule has 4 nitrogen and oxygen atoms in total. The molecule has 100 valence electrons. The Morgan fingerprint density at radius 3 is 2.89 bits per heavy atom. The van der Waals surface area contributed by atoms with Crippen LogP contribution in [0.25, 0.3) is 10.9 Å². The number of ether oxygens (including phenoxy) is 1. The van der Waals surface area contributed by atoms with Crippen LogP contribution < -0.4 is 0 Å². The third-order valence-corrected chi connectivity index (χ3v) is 3.60. The van der Waals surface area contributed by atoms with Crippen molar-refractivity contribution in [1.82, 2.24) is 4.57 Å². The summed E-state index contributed by atoms with van der Waals surface area (Å²) in [5.41, 5.74) is 0.801. The molecule has 1 heterocycles. The Labute approximate surface area is 118 Å². The summed E-state index contributed by atoms with van der Waals surface area (Å²) < 4.78 is 21.3. The quantitative estimate of drug-likeness (QED) is 0.858. The number of nitrogens with zero attached hydrogens (tertiary/aromatic N) is 2. The molecule has 0 atom stereocenters. The average molecular weight is 327 g/mol. The van der Waals surface area contributed by atoms with Crippen molar-refractivity contribution in [2.24, 2.45) is 0 Å². The third-order valence-electron chi connectivity index (χ3n) is 2.78. The number of aromatic nitrogens is 1. The van der Waals surface area contributed by atoms with Crippen molar-refractivity contribution in [2.75, 3.05) is 19.8 Å². The first-order chi connectivity index (χ1) is 9.20. The van der Waals surface area contributed by atoms with E-state index in [1.165, 1.54) is 6.07 Å². The van der Waals surface area contributed by atoms with Crippen molar-refractivity contribution in [3.63, 3.8) is 0 Å². The fraction of sp³-hybridized carbons (Fsp3) is 0.308. The highest BCUT2D eigenvalue weighted by Crippen LogP contribution is 2.31. The molecule has 2 aromatic rings. The SMILES string of the molecule is N#Cc1c(Br)n(CCOCCO)c2c(F)cccc12. The number of benzene rings is 1. The van der Waals surface area contributed by atoms with Crippen LogP contribution >= 0.6 is 15.9 Å². The number of halogens is 2. The maximum Gasteiger partial charge on any atom is 0.147 e. The molecule has 0 aliphatic carbocycles. The molecule has 1 aromatic heterocycles. The third kappa shape index (κ3) is 2.63. The zero-order valence-corrected chi connectivity index (χ0v) is 11.7. The molecule has 0 bridgehead atoms. The highest BCUT2D eigenvalue weighted by molar-refractivity contribution is 9.10. The van der Waals surface area contributed by atoms with E-state index in [0.717, 1.165) is 0 Å². The summed E-state index contributed by atoms with van der Waals surface area (Å²) in [7, 11) is 0. The first-order valence-electron chi connectivity index (χ1n) is 5.75. The molecule has 19 heavy (non-hydrogen) atoms. The number of hydrogen-bond donors (Lipinski definition) is 1. The maximum atomic E-state index is 13.9. The lowest BCUT2D eigenvalue weighted by atomic mass is 10.2. The van der Waals surface area contributed by atoms with Crippen molar-refractivity contribution in [2.45, 2.75) is 6.54 Å². The van der Waals surface area contributed by atoms with E-state index in [-0.39, 0.29) is 19.0 Å². The van der Waals surface area contributed by atoms with Crippen molar-refractivity contribution in [3.8, 4) is 6.07 Å². The van der Waals surface area contributed by atoms with Gasteiger partial charge in [-0.05, 0) is 22.0 Å². The lowest BCUT2D eigenvalue weighted by Gasteiger charge is -2.08. The summed E-state index contributed by atoms with van der Waals surface area (Å²) in [5.74, 6) is -0.373. The van der Waals surface area contributed by atoms with Crippen LogP contribution in [0.4, 0.5) is 4.39 Å². The fourth-order valence-corrected chi connectivity index (χ4v) is 2.63. The van der Waals surface area contributed by atoms with Gasteiger partial charge in [-0.15, -0.1) is 0 Å². The van der Waals surface area contributed by atoms with E-state index in [1.807, 2.05) is 0 Å². The Morgan fingerprint density at radius 2 is 2.21 bits per heavy atom. The Hall–Kier alpha value is -1.42. The minimum Gasteiger partial charge on any atom is -0.394 e. The zero-order chi connectivity index (χ0) is 13.8. The highest BCUT2D eigenvalue weighted by Gasteiger charge is 2.17. The lowest BCUT2D eigenvalue weighted by molar-refractivity contribution is 0.0872. The Morgan fingerprint density at radius 1 is 1.42 bits per heavy atom. The predicted octanol–water partition coefficient (Wildman–Crippen LogP) is 2.42. The number of aliphatic hydroxyl groups is 1. The number of para-hydroxylation sites is 1. The van der Waals surface area contributed by atoms with Gasteiger partial charge in [0.05, 0.1) is 30.9 Å². The van der Waals surface area contributed by atoms with E-state index in [1.54, 1.807) is 16.7 Å². The molecular weight excluding hydrogens is 315 g/mol. The number of hydrogen-bond acceptors (Lipinski definition) is 3. The van der Waals surface area contributed by atoms with Crippen LogP contribution in [0.5, 0.6) is 0 Å². The van der Waals surface area contributed by atoms with Gasteiger partial charge in [-0.3, -0.25) is 0 Å². The molecule has 6 heteroatoms. The minimum absolute atomic E-state index is 0.0502. The van der Waals surface area contributed by atoms with Gasteiger partial charge in [-0.25, -0.2) is 4.39 Å². The van der Waals surface area contributed by atoms with Crippen molar-refractivity contribution < 1.29 is 14.2 Å². The molecule has 0 spiro atoms. The summed E-state index contributed by atoms with van der Waals surface area (Å²) in [4.78, 5) is 0. The molecular formula is C13H12BrFN2O2. The zero-order valence-electron chi connectivity index (χ0n) is 10.1. The molecule has 0 aliphatic rings. The summed E-state index contributed by atoms with van der Waals surface area (Å²) in [6, 6.07) is 6.73. The van der Waals surface area contributed by atoms with Gasteiger partial charge >= 0.3 is 0 Å². The van der Waals surface area contributed by atoms with Gasteiger partial charge in [0.1, 0.15) is 16.5 Å². The smallest absolute Gasteiger partial charge is 0.147 e. The molecule has 0 saturated carbocycles. The summed E-state index contributed by atoms with van der Waals surface area (Å²) in [5, 5.41) is 18.4. The van der Waals surface area contributed by atoms with E-state index < -0.39 is 0 Å². The van der Waals surface area contributed by atoms with Gasteiger partial charge in [0.2, 0.25) is 0 Å². The second-order valence-electron chi connectivity index (χ2n) is 3.90. The van der Waals surface area contributed by atoms with E-state index in [2.05, 4.69) is 22.0 Å². The highest BCUT2D eigenvalue weighted by atomic mass is 79.9. The molecule has 0 fully saturated rings. The molecule has 0 amide bonds. The maximum absolute atomic E-state index is 13.9. The van der Waals surface area contributed by atoms with E-state index in [9.17, 15) is 4.39 Å². The van der Waals surface area contributed by atoms with Crippen LogP contribution in [0.2, 0.25) is 0 Å². The topological polar surface area (TPSA) is 58.2 Å². The van der Waals surface area contributed by atoms with Crippen molar-refractivity contribution >= 4 is 26.8 Å². The van der Waals surface area contributed by atoms with Gasteiger partial charge in [-0.2, -0.15) is 5.26 Å². The Kier molecular flexibility index (Phi) is 4.53. The first-order valence-corrected chi connectivity index (χ1v) is 6.55. The second-order valence-corrected chi connectivity index (χ2v) is 4.65. The number of fused-ring (bicyclic) bond motifs is 1. The number of nitriles is 1. The lowest BCUT2D eigenvalue weighted by Crippen LogP contribution is -2.09. The van der Waals surface area contributed by atoms with Crippen LogP contribution in [0, 0.1) is 17.1 Å². The standard InChI is InChI=1S/C13H12BrFN2O2/c14-13-10(8-16)9-2-1-3-11(15)12(9)17(13)4-6-19-7-5-18/h1-3,18H,4-7H2. The monoisotopic (exact) mass is 326 g/mol. The van der Waals surface area contributed by atoms with Crippen molar-refractivity contribution in [1.29, 1.82) is 5.26 Å². The van der Waals surface area contributed by atoms with Crippen LogP contribution in [-0.2, 0) is 11.3 Å². The molecule has 1 aromatic carbocycles. The number of rotatable bonds is 5. The molecule has 0 radical (unpaired) electrons. The summed E-state index contributed by atoms with van der Waals surface area (Å²) in [6.07, 6.45) is 0. The van der Waals surface area contributed by atoms with E-state index in [0.29, 0.717) is 34.2 Å². The largest absolute Gasteiger partial charge is 0.394 e. The van der Waals surface area contributed by atoms with Crippen LogP contribution in [0.15, 0.2) is 22.8 Å². The molecule has 2 rings (SSSR count). The van der Waals surface area contributed by atoms with Crippen LogP contribution in [0.3, 0.4) is 0 Å². The number of aliphatic hydroxyl groups excluding tert-OH is 1. The van der Waals surface area contributed by atoms with Gasteiger partial charge in [0.15, 0.2) is 0 Å².